The van der Waals surface area contributed by atoms with Gasteiger partial charge >= 0.3 is 5.97 Å². The second-order valence-corrected chi connectivity index (χ2v) is 7.33. The fourth-order valence-electron chi connectivity index (χ4n) is 2.99. The number of carbonyl (C=O) groups is 2. The molecule has 1 N–H and O–H groups in total. The van der Waals surface area contributed by atoms with Gasteiger partial charge < -0.3 is 14.8 Å². The Balaban J connectivity index is 1.57. The largest absolute Gasteiger partial charge is 0.497 e. The van der Waals surface area contributed by atoms with Gasteiger partial charge in [0, 0.05) is 17.0 Å². The second kappa shape index (κ2) is 9.59. The van der Waals surface area contributed by atoms with E-state index in [1.807, 2.05) is 24.3 Å². The van der Waals surface area contributed by atoms with Crippen LogP contribution in [-0.4, -0.2) is 36.6 Å². The summed E-state index contributed by atoms with van der Waals surface area (Å²) in [5, 5.41) is 4.07. The average Bonchev–Trinajstić information content (AvgIpc) is 2.73. The van der Waals surface area contributed by atoms with Gasteiger partial charge in [0.05, 0.1) is 23.9 Å². The van der Waals surface area contributed by atoms with Gasteiger partial charge in [-0.2, -0.15) is 0 Å². The van der Waals surface area contributed by atoms with Crippen molar-refractivity contribution >= 4 is 34.4 Å². The summed E-state index contributed by atoms with van der Waals surface area (Å²) in [5.41, 5.74) is 2.64. The highest BCUT2D eigenvalue weighted by Crippen LogP contribution is 2.21. The van der Waals surface area contributed by atoms with E-state index in [2.05, 4.69) is 10.3 Å². The zero-order valence-electron chi connectivity index (χ0n) is 17.1. The van der Waals surface area contributed by atoms with Crippen molar-refractivity contribution in [2.45, 2.75) is 26.4 Å². The number of ether oxygens (including phenoxy) is 2. The molecule has 6 nitrogen and oxygen atoms in total. The van der Waals surface area contributed by atoms with Crippen molar-refractivity contribution < 1.29 is 19.1 Å². The van der Waals surface area contributed by atoms with Crippen molar-refractivity contribution in [3.05, 3.63) is 70.4 Å². The molecule has 0 bridgehead atoms. The van der Waals surface area contributed by atoms with Crippen LogP contribution in [0.4, 0.5) is 0 Å². The Kier molecular flexibility index (Phi) is 6.90. The van der Waals surface area contributed by atoms with Crippen LogP contribution in [0, 0.1) is 6.92 Å². The zero-order valence-corrected chi connectivity index (χ0v) is 17.8. The lowest BCUT2D eigenvalue weighted by molar-refractivity contribution is -0.129. The number of carbonyl (C=O) groups excluding carboxylic acids is 2. The monoisotopic (exact) mass is 426 g/mol. The maximum atomic E-state index is 12.6. The topological polar surface area (TPSA) is 77.5 Å². The number of benzene rings is 2. The van der Waals surface area contributed by atoms with Crippen LogP contribution in [0.25, 0.3) is 10.9 Å². The Morgan fingerprint density at radius 2 is 1.87 bits per heavy atom. The fraction of sp³-hybridized carbons (Fsp3) is 0.261. The molecule has 7 heteroatoms. The number of methoxy groups -OCH3 is 1. The van der Waals surface area contributed by atoms with Crippen LogP contribution < -0.4 is 10.1 Å². The number of fused-ring (bicyclic) bond motifs is 1. The molecule has 0 aliphatic heterocycles. The molecule has 0 fully saturated rings. The molecule has 1 heterocycles. The molecule has 3 rings (SSSR count). The lowest BCUT2D eigenvalue weighted by Crippen LogP contribution is -2.37. The number of esters is 1. The highest BCUT2D eigenvalue weighted by molar-refractivity contribution is 6.31. The highest BCUT2D eigenvalue weighted by Gasteiger charge is 2.21. The van der Waals surface area contributed by atoms with Crippen molar-refractivity contribution in [3.8, 4) is 5.75 Å². The number of pyridine rings is 1. The van der Waals surface area contributed by atoms with E-state index in [9.17, 15) is 9.59 Å². The summed E-state index contributed by atoms with van der Waals surface area (Å²) in [6.07, 6.45) is -0.270. The lowest BCUT2D eigenvalue weighted by Gasteiger charge is -2.15. The van der Waals surface area contributed by atoms with Gasteiger partial charge in [0.15, 0.2) is 6.10 Å². The second-order valence-electron chi connectivity index (χ2n) is 6.90. The van der Waals surface area contributed by atoms with E-state index in [-0.39, 0.29) is 5.91 Å². The van der Waals surface area contributed by atoms with Crippen molar-refractivity contribution in [1.29, 1.82) is 0 Å². The first-order chi connectivity index (χ1) is 14.4. The van der Waals surface area contributed by atoms with E-state index in [4.69, 9.17) is 21.1 Å². The van der Waals surface area contributed by atoms with Gasteiger partial charge in [-0.3, -0.25) is 9.78 Å². The predicted octanol–water partition coefficient (Wildman–Crippen LogP) is 4.11. The van der Waals surface area contributed by atoms with E-state index in [1.54, 1.807) is 45.2 Å². The molecule has 0 aliphatic carbocycles. The third kappa shape index (κ3) is 5.27. The minimum absolute atomic E-state index is 0.308. The Labute approximate surface area is 180 Å². The lowest BCUT2D eigenvalue weighted by atomic mass is 10.1. The zero-order chi connectivity index (χ0) is 21.7. The van der Waals surface area contributed by atoms with Gasteiger partial charge in [0.25, 0.3) is 5.91 Å². The number of aromatic nitrogens is 1. The predicted molar refractivity (Wildman–Crippen MR) is 116 cm³/mol. The molecule has 156 valence electrons. The number of amides is 1. The van der Waals surface area contributed by atoms with Crippen molar-refractivity contribution in [1.82, 2.24) is 10.3 Å². The molecule has 1 atom stereocenters. The van der Waals surface area contributed by atoms with Crippen LogP contribution in [0.15, 0.2) is 48.5 Å². The number of aryl methyl sites for hydroxylation is 1. The molecule has 1 amide bonds. The number of rotatable bonds is 7. The third-order valence-corrected chi connectivity index (χ3v) is 4.95. The average molecular weight is 427 g/mol. The van der Waals surface area contributed by atoms with E-state index < -0.39 is 12.1 Å². The molecule has 0 saturated carbocycles. The van der Waals surface area contributed by atoms with Crippen LogP contribution in [0.1, 0.15) is 28.5 Å². The molecular formula is C23H23ClN2O4. The van der Waals surface area contributed by atoms with Crippen LogP contribution >= 0.6 is 11.6 Å². The van der Waals surface area contributed by atoms with Crippen LogP contribution in [-0.2, 0) is 16.0 Å². The van der Waals surface area contributed by atoms with Gasteiger partial charge in [-0.1, -0.05) is 23.7 Å². The van der Waals surface area contributed by atoms with Crippen molar-refractivity contribution in [2.24, 2.45) is 0 Å². The molecule has 3 aromatic rings. The molecule has 0 aliphatic rings. The summed E-state index contributed by atoms with van der Waals surface area (Å²) < 4.78 is 10.5. The minimum atomic E-state index is -0.928. The number of halogens is 1. The van der Waals surface area contributed by atoms with Crippen molar-refractivity contribution in [2.75, 3.05) is 13.7 Å². The number of hydrogen-bond acceptors (Lipinski definition) is 5. The molecule has 0 spiro atoms. The Hall–Kier alpha value is -3.12. The van der Waals surface area contributed by atoms with Gasteiger partial charge in [0.2, 0.25) is 0 Å². The molecule has 1 aromatic heterocycles. The molecule has 2 aromatic carbocycles. The summed E-state index contributed by atoms with van der Waals surface area (Å²) in [5.74, 6) is -0.171. The first-order valence-corrected chi connectivity index (χ1v) is 9.93. The fourth-order valence-corrected chi connectivity index (χ4v) is 3.17. The first kappa shape index (κ1) is 21.6. The SMILES string of the molecule is COc1ccc(CCNC(=O)C(C)OC(=O)c2cc3cc(Cl)ccc3nc2C)cc1. The highest BCUT2D eigenvalue weighted by atomic mass is 35.5. The molecule has 0 saturated heterocycles. The van der Waals surface area contributed by atoms with Crippen LogP contribution in [0.2, 0.25) is 5.02 Å². The van der Waals surface area contributed by atoms with E-state index >= 15 is 0 Å². The Morgan fingerprint density at radius 1 is 1.13 bits per heavy atom. The van der Waals surface area contributed by atoms with E-state index in [0.717, 1.165) is 22.2 Å². The number of nitrogens with one attached hydrogen (secondary N) is 1. The number of hydrogen-bond donors (Lipinski definition) is 1. The Bertz CT molecular complexity index is 1070. The maximum Gasteiger partial charge on any atom is 0.340 e. The summed E-state index contributed by atoms with van der Waals surface area (Å²) in [7, 11) is 1.61. The van der Waals surface area contributed by atoms with E-state index in [0.29, 0.717) is 29.2 Å². The van der Waals surface area contributed by atoms with Gasteiger partial charge in [-0.05, 0) is 62.2 Å². The molecule has 0 radical (unpaired) electrons. The molecule has 30 heavy (non-hydrogen) atoms. The van der Waals surface area contributed by atoms with Crippen molar-refractivity contribution in [3.63, 3.8) is 0 Å². The molecule has 1 unspecified atom stereocenters. The number of nitrogens with zero attached hydrogens (tertiary/aromatic N) is 1. The van der Waals surface area contributed by atoms with Gasteiger partial charge in [0.1, 0.15) is 5.75 Å². The van der Waals surface area contributed by atoms with Crippen LogP contribution in [0.5, 0.6) is 5.75 Å². The maximum absolute atomic E-state index is 12.6. The standard InChI is InChI=1S/C23H23ClN2O4/c1-14-20(13-17-12-18(24)6-9-21(17)26-14)23(28)30-15(2)22(27)25-11-10-16-4-7-19(29-3)8-5-16/h4-9,12-13,15H,10-11H2,1-3H3,(H,25,27). The van der Waals surface area contributed by atoms with Gasteiger partial charge in [-0.15, -0.1) is 0 Å². The molecular weight excluding hydrogens is 404 g/mol. The summed E-state index contributed by atoms with van der Waals surface area (Å²) in [4.78, 5) is 29.3. The normalized spacial score (nSPS) is 11.7. The smallest absolute Gasteiger partial charge is 0.340 e. The van der Waals surface area contributed by atoms with Crippen LogP contribution in [0.3, 0.4) is 0 Å². The summed E-state index contributed by atoms with van der Waals surface area (Å²) >= 11 is 6.02. The Morgan fingerprint density at radius 3 is 2.57 bits per heavy atom. The minimum Gasteiger partial charge on any atom is -0.497 e. The van der Waals surface area contributed by atoms with E-state index in [1.165, 1.54) is 0 Å². The third-order valence-electron chi connectivity index (χ3n) is 4.71. The van der Waals surface area contributed by atoms with Gasteiger partial charge in [-0.25, -0.2) is 4.79 Å². The quantitative estimate of drug-likeness (QED) is 0.575. The first-order valence-electron chi connectivity index (χ1n) is 9.56. The summed E-state index contributed by atoms with van der Waals surface area (Å²) in [6.45, 7) is 3.70. The summed E-state index contributed by atoms with van der Waals surface area (Å²) in [6, 6.07) is 14.6.